The number of urea groups is 1. The van der Waals surface area contributed by atoms with Gasteiger partial charge in [0.15, 0.2) is 0 Å². The zero-order chi connectivity index (χ0) is 24.2. The number of hydrogen-bond donors (Lipinski definition) is 1. The summed E-state index contributed by atoms with van der Waals surface area (Å²) < 4.78 is 5.77. The third-order valence-electron chi connectivity index (χ3n) is 6.61. The molecule has 1 unspecified atom stereocenters. The number of ether oxygens (including phenoxy) is 1. The Kier molecular flexibility index (Phi) is 7.39. The number of terminal acetylenes is 1. The molecule has 1 N–H and O–H groups in total. The van der Waals surface area contributed by atoms with E-state index in [1.807, 2.05) is 44.2 Å². The summed E-state index contributed by atoms with van der Waals surface area (Å²) in [5.74, 6) is 2.16. The van der Waals surface area contributed by atoms with Gasteiger partial charge in [0.1, 0.15) is 12.2 Å². The molecule has 0 aliphatic carbocycles. The van der Waals surface area contributed by atoms with E-state index in [0.717, 1.165) is 18.4 Å². The lowest BCUT2D eigenvalue weighted by Gasteiger charge is -2.55. The fraction of sp³-hybridized carbons (Fsp3) is 0.560. The fourth-order valence-electron chi connectivity index (χ4n) is 5.05. The zero-order valence-corrected chi connectivity index (χ0v) is 19.9. The molecule has 0 radical (unpaired) electrons. The number of nitrogens with one attached hydrogen (secondary N) is 1. The number of amides is 4. The minimum absolute atomic E-state index is 0.0234. The van der Waals surface area contributed by atoms with Crippen LogP contribution in [0.2, 0.25) is 0 Å². The summed E-state index contributed by atoms with van der Waals surface area (Å²) in [6.07, 6.45) is 6.78. The molecule has 3 fully saturated rings. The van der Waals surface area contributed by atoms with E-state index < -0.39 is 12.2 Å². The van der Waals surface area contributed by atoms with E-state index in [1.165, 1.54) is 5.01 Å². The highest BCUT2D eigenvalue weighted by atomic mass is 16.5. The Hall–Kier alpha value is -3.09. The summed E-state index contributed by atoms with van der Waals surface area (Å²) in [4.78, 5) is 43.5. The summed E-state index contributed by atoms with van der Waals surface area (Å²) in [6, 6.07) is 8.61. The van der Waals surface area contributed by atoms with Crippen LogP contribution in [0.4, 0.5) is 4.79 Å². The Morgan fingerprint density at radius 1 is 1.26 bits per heavy atom. The average molecular weight is 468 g/mol. The van der Waals surface area contributed by atoms with Crippen molar-refractivity contribution in [3.8, 4) is 12.3 Å². The van der Waals surface area contributed by atoms with E-state index in [9.17, 15) is 14.4 Å². The van der Waals surface area contributed by atoms with E-state index >= 15 is 0 Å². The number of nitrogens with zero attached hydrogens (tertiary/aromatic N) is 4. The summed E-state index contributed by atoms with van der Waals surface area (Å²) in [5, 5.41) is 6.09. The Morgan fingerprint density at radius 3 is 2.68 bits per heavy atom. The van der Waals surface area contributed by atoms with Gasteiger partial charge in [-0.25, -0.2) is 9.80 Å². The molecule has 182 valence electrons. The van der Waals surface area contributed by atoms with Gasteiger partial charge in [-0.05, 0) is 24.3 Å². The maximum absolute atomic E-state index is 13.5. The van der Waals surface area contributed by atoms with Crippen molar-refractivity contribution in [2.45, 2.75) is 51.5 Å². The second kappa shape index (κ2) is 10.5. The molecule has 1 aromatic carbocycles. The SMILES string of the molecule is C#CCN1CC(=O)N2[C@@H](C(C)C)C(=O)N(CC3CCCO3)C[C@@H]2N1C(=O)NCc1ccccc1. The van der Waals surface area contributed by atoms with Gasteiger partial charge >= 0.3 is 6.03 Å². The lowest BCUT2D eigenvalue weighted by Crippen LogP contribution is -2.77. The average Bonchev–Trinajstić information content (AvgIpc) is 3.32. The van der Waals surface area contributed by atoms with Crippen LogP contribution in [0.3, 0.4) is 0 Å². The molecule has 3 aliphatic rings. The van der Waals surface area contributed by atoms with Crippen molar-refractivity contribution in [1.29, 1.82) is 0 Å². The van der Waals surface area contributed by atoms with Crippen LogP contribution in [-0.4, -0.2) is 88.8 Å². The van der Waals surface area contributed by atoms with Crippen molar-refractivity contribution in [3.63, 3.8) is 0 Å². The maximum atomic E-state index is 13.5. The first-order valence-electron chi connectivity index (χ1n) is 11.9. The standard InChI is InChI=1S/C25H33N5O4/c1-4-12-28-17-22(31)29-21(30(28)25(33)26-14-19-9-6-5-7-10-19)16-27(15-20-11-8-13-34-20)24(32)23(29)18(2)3/h1,5-7,9-10,18,20-21,23H,8,11-17H2,2-3H3,(H,26,33)/t20?,21-,23-/m0/s1. The van der Waals surface area contributed by atoms with E-state index in [1.54, 1.807) is 14.8 Å². The topological polar surface area (TPSA) is 85.4 Å². The van der Waals surface area contributed by atoms with Gasteiger partial charge in [0.25, 0.3) is 0 Å². The van der Waals surface area contributed by atoms with Gasteiger partial charge in [-0.15, -0.1) is 6.42 Å². The number of hydrogen-bond acceptors (Lipinski definition) is 5. The number of piperazine rings is 1. The van der Waals surface area contributed by atoms with Crippen molar-refractivity contribution < 1.29 is 19.1 Å². The molecule has 1 aromatic rings. The van der Waals surface area contributed by atoms with Crippen LogP contribution in [0.25, 0.3) is 0 Å². The fourth-order valence-corrected chi connectivity index (χ4v) is 5.05. The quantitative estimate of drug-likeness (QED) is 0.637. The Bertz CT molecular complexity index is 940. The molecule has 3 saturated heterocycles. The Morgan fingerprint density at radius 2 is 2.03 bits per heavy atom. The molecule has 9 heteroatoms. The van der Waals surface area contributed by atoms with E-state index in [4.69, 9.17) is 11.2 Å². The first kappa shape index (κ1) is 24.0. The Labute approximate surface area is 201 Å². The van der Waals surface area contributed by atoms with Crippen LogP contribution in [0.5, 0.6) is 0 Å². The second-order valence-electron chi connectivity index (χ2n) is 9.36. The molecule has 0 saturated carbocycles. The lowest BCUT2D eigenvalue weighted by molar-refractivity contribution is -0.192. The summed E-state index contributed by atoms with van der Waals surface area (Å²) >= 11 is 0. The van der Waals surface area contributed by atoms with Crippen molar-refractivity contribution in [2.75, 3.05) is 32.8 Å². The van der Waals surface area contributed by atoms with Crippen molar-refractivity contribution >= 4 is 17.8 Å². The van der Waals surface area contributed by atoms with E-state index in [-0.39, 0.29) is 49.5 Å². The number of carbonyl (C=O) groups excluding carboxylic acids is 3. The van der Waals surface area contributed by atoms with Crippen molar-refractivity contribution in [2.24, 2.45) is 5.92 Å². The second-order valence-corrected chi connectivity index (χ2v) is 9.36. The molecule has 0 spiro atoms. The highest BCUT2D eigenvalue weighted by Crippen LogP contribution is 2.30. The number of carbonyl (C=O) groups is 3. The van der Waals surface area contributed by atoms with Crippen molar-refractivity contribution in [3.05, 3.63) is 35.9 Å². The molecule has 9 nitrogen and oxygen atoms in total. The molecule has 0 aromatic heterocycles. The van der Waals surface area contributed by atoms with Gasteiger partial charge in [0.2, 0.25) is 11.8 Å². The lowest BCUT2D eigenvalue weighted by atomic mass is 9.96. The number of benzene rings is 1. The largest absolute Gasteiger partial charge is 0.376 e. The highest BCUT2D eigenvalue weighted by molar-refractivity contribution is 5.91. The molecular formula is C25H33N5O4. The van der Waals surface area contributed by atoms with Crippen molar-refractivity contribution in [1.82, 2.24) is 25.1 Å². The van der Waals surface area contributed by atoms with Crippen LogP contribution in [0.1, 0.15) is 32.3 Å². The van der Waals surface area contributed by atoms with E-state index in [0.29, 0.717) is 19.7 Å². The predicted molar refractivity (Wildman–Crippen MR) is 126 cm³/mol. The minimum atomic E-state index is -0.648. The molecule has 3 atom stereocenters. The zero-order valence-electron chi connectivity index (χ0n) is 19.9. The van der Waals surface area contributed by atoms with Gasteiger partial charge in [-0.1, -0.05) is 50.1 Å². The van der Waals surface area contributed by atoms with Crippen LogP contribution < -0.4 is 5.32 Å². The molecule has 3 heterocycles. The molecule has 3 aliphatic heterocycles. The van der Waals surface area contributed by atoms with Crippen LogP contribution >= 0.6 is 0 Å². The predicted octanol–water partition coefficient (Wildman–Crippen LogP) is 1.26. The smallest absolute Gasteiger partial charge is 0.334 e. The van der Waals surface area contributed by atoms with Gasteiger partial charge in [0, 0.05) is 19.7 Å². The van der Waals surface area contributed by atoms with Crippen LogP contribution in [-0.2, 0) is 20.9 Å². The Balaban J connectivity index is 1.62. The number of rotatable bonds is 6. The summed E-state index contributed by atoms with van der Waals surface area (Å²) in [5.41, 5.74) is 0.961. The number of fused-ring (bicyclic) bond motifs is 1. The van der Waals surface area contributed by atoms with Gasteiger partial charge in [0.05, 0.1) is 25.7 Å². The van der Waals surface area contributed by atoms with Crippen LogP contribution in [0, 0.1) is 18.3 Å². The number of hydrazine groups is 1. The molecular weight excluding hydrogens is 434 g/mol. The maximum Gasteiger partial charge on any atom is 0.334 e. The monoisotopic (exact) mass is 467 g/mol. The highest BCUT2D eigenvalue weighted by Gasteiger charge is 2.52. The van der Waals surface area contributed by atoms with E-state index in [2.05, 4.69) is 11.2 Å². The van der Waals surface area contributed by atoms with Gasteiger partial charge < -0.3 is 19.9 Å². The van der Waals surface area contributed by atoms with Gasteiger partial charge in [-0.2, -0.15) is 5.01 Å². The minimum Gasteiger partial charge on any atom is -0.376 e. The molecule has 4 amide bonds. The molecule has 4 rings (SSSR count). The summed E-state index contributed by atoms with van der Waals surface area (Å²) in [7, 11) is 0. The third kappa shape index (κ3) is 4.88. The van der Waals surface area contributed by atoms with Gasteiger partial charge in [-0.3, -0.25) is 9.59 Å². The summed E-state index contributed by atoms with van der Waals surface area (Å²) in [6.45, 7) is 5.61. The first-order chi connectivity index (χ1) is 16.4. The van der Waals surface area contributed by atoms with Crippen LogP contribution in [0.15, 0.2) is 30.3 Å². The first-order valence-corrected chi connectivity index (χ1v) is 11.9. The molecule has 34 heavy (non-hydrogen) atoms. The third-order valence-corrected chi connectivity index (χ3v) is 6.61. The molecule has 0 bridgehead atoms. The normalized spacial score (nSPS) is 25.5.